The molecule has 0 saturated heterocycles. The zero-order chi connectivity index (χ0) is 22.5. The molecular weight excluding hydrogens is 410 g/mol. The summed E-state index contributed by atoms with van der Waals surface area (Å²) < 4.78 is 8.73. The van der Waals surface area contributed by atoms with Crippen LogP contribution in [0, 0.1) is 0 Å². The first-order valence-electron chi connectivity index (χ1n) is 10.4. The second-order valence-electron chi connectivity index (χ2n) is 7.67. The molecule has 32 heavy (non-hydrogen) atoms. The standard InChI is InChI=1S/C23H25N5O4/c1-27-22(23(31)25-12-16-7-3-2-4-8-16)18-11-17(32-15-19(18)26-27)13-24-20(29)14-28-10-6-5-9-21(28)30/h2-10,17H,11-15H2,1H3,(H,24,29)(H,25,31). The number of nitrogens with zero attached hydrogens (tertiary/aromatic N) is 3. The second-order valence-corrected chi connectivity index (χ2v) is 7.67. The normalized spacial score (nSPS) is 15.1. The molecule has 0 fully saturated rings. The molecule has 166 valence electrons. The first-order chi connectivity index (χ1) is 15.5. The number of nitrogens with one attached hydrogen (secondary N) is 2. The van der Waals surface area contributed by atoms with Gasteiger partial charge in [-0.2, -0.15) is 5.10 Å². The molecule has 2 aromatic heterocycles. The lowest BCUT2D eigenvalue weighted by Gasteiger charge is -2.23. The minimum atomic E-state index is -0.288. The van der Waals surface area contributed by atoms with Crippen LogP contribution in [0.4, 0.5) is 0 Å². The average molecular weight is 435 g/mol. The van der Waals surface area contributed by atoms with E-state index in [0.717, 1.165) is 16.8 Å². The van der Waals surface area contributed by atoms with Crippen molar-refractivity contribution in [2.24, 2.45) is 7.05 Å². The summed E-state index contributed by atoms with van der Waals surface area (Å²) in [6.45, 7) is 0.916. The lowest BCUT2D eigenvalue weighted by molar-refractivity contribution is -0.122. The number of ether oxygens (including phenoxy) is 1. The van der Waals surface area contributed by atoms with E-state index in [4.69, 9.17) is 4.74 Å². The molecule has 1 aliphatic rings. The van der Waals surface area contributed by atoms with Crippen LogP contribution in [-0.2, 0) is 42.7 Å². The van der Waals surface area contributed by atoms with Crippen molar-refractivity contribution in [3.63, 3.8) is 0 Å². The predicted octanol–water partition coefficient (Wildman–Crippen LogP) is 0.769. The van der Waals surface area contributed by atoms with Gasteiger partial charge in [0.05, 0.1) is 18.4 Å². The number of pyridine rings is 1. The molecule has 0 saturated carbocycles. The Morgan fingerprint density at radius 1 is 1.12 bits per heavy atom. The summed E-state index contributed by atoms with van der Waals surface area (Å²) in [5, 5.41) is 10.2. The van der Waals surface area contributed by atoms with E-state index in [2.05, 4.69) is 15.7 Å². The summed E-state index contributed by atoms with van der Waals surface area (Å²) >= 11 is 0. The number of amides is 2. The molecule has 0 bridgehead atoms. The summed E-state index contributed by atoms with van der Waals surface area (Å²) in [5.74, 6) is -0.474. The van der Waals surface area contributed by atoms with Crippen LogP contribution in [0.15, 0.2) is 59.5 Å². The fourth-order valence-electron chi connectivity index (χ4n) is 3.74. The fraction of sp³-hybridized carbons (Fsp3) is 0.304. The molecule has 4 rings (SSSR count). The second kappa shape index (κ2) is 9.61. The van der Waals surface area contributed by atoms with Crippen LogP contribution in [0.5, 0.6) is 0 Å². The van der Waals surface area contributed by atoms with Gasteiger partial charge in [0.1, 0.15) is 12.2 Å². The Morgan fingerprint density at radius 2 is 1.91 bits per heavy atom. The number of carbonyl (C=O) groups is 2. The van der Waals surface area contributed by atoms with Gasteiger partial charge in [-0.25, -0.2) is 0 Å². The van der Waals surface area contributed by atoms with Gasteiger partial charge in [0, 0.05) is 44.4 Å². The third-order valence-corrected chi connectivity index (χ3v) is 5.37. The molecule has 1 aromatic carbocycles. The smallest absolute Gasteiger partial charge is 0.270 e. The van der Waals surface area contributed by atoms with Crippen molar-refractivity contribution >= 4 is 11.8 Å². The van der Waals surface area contributed by atoms with Crippen LogP contribution >= 0.6 is 0 Å². The molecule has 2 N–H and O–H groups in total. The molecule has 9 heteroatoms. The van der Waals surface area contributed by atoms with E-state index in [9.17, 15) is 14.4 Å². The van der Waals surface area contributed by atoms with E-state index in [0.29, 0.717) is 18.7 Å². The minimum Gasteiger partial charge on any atom is -0.370 e. The number of benzene rings is 1. The highest BCUT2D eigenvalue weighted by molar-refractivity contribution is 5.94. The largest absolute Gasteiger partial charge is 0.370 e. The van der Waals surface area contributed by atoms with Crippen LogP contribution < -0.4 is 16.2 Å². The van der Waals surface area contributed by atoms with E-state index in [1.165, 1.54) is 10.6 Å². The van der Waals surface area contributed by atoms with Gasteiger partial charge in [0.25, 0.3) is 11.5 Å². The van der Waals surface area contributed by atoms with Crippen molar-refractivity contribution < 1.29 is 14.3 Å². The van der Waals surface area contributed by atoms with Crippen LogP contribution in [0.1, 0.15) is 27.3 Å². The van der Waals surface area contributed by atoms with Gasteiger partial charge in [-0.05, 0) is 11.6 Å². The van der Waals surface area contributed by atoms with Gasteiger partial charge in [-0.1, -0.05) is 36.4 Å². The molecule has 0 aliphatic carbocycles. The Balaban J connectivity index is 1.36. The van der Waals surface area contributed by atoms with Gasteiger partial charge in [-0.3, -0.25) is 19.1 Å². The number of rotatable bonds is 7. The maximum atomic E-state index is 12.9. The number of aryl methyl sites for hydroxylation is 1. The van der Waals surface area contributed by atoms with Crippen molar-refractivity contribution in [3.8, 4) is 0 Å². The maximum absolute atomic E-state index is 12.9. The number of carbonyl (C=O) groups excluding carboxylic acids is 2. The Bertz CT molecular complexity index is 1170. The molecule has 3 heterocycles. The molecule has 0 spiro atoms. The monoisotopic (exact) mass is 435 g/mol. The summed E-state index contributed by atoms with van der Waals surface area (Å²) in [5.41, 5.74) is 2.85. The minimum absolute atomic E-state index is 0.0579. The number of hydrogen-bond donors (Lipinski definition) is 2. The Kier molecular flexibility index (Phi) is 6.46. The van der Waals surface area contributed by atoms with Crippen LogP contribution in [0.3, 0.4) is 0 Å². The lowest BCUT2D eigenvalue weighted by Crippen LogP contribution is -2.39. The molecular formula is C23H25N5O4. The Labute approximate surface area is 185 Å². The first kappa shape index (κ1) is 21.5. The quantitative estimate of drug-likeness (QED) is 0.570. The molecule has 9 nitrogen and oxygen atoms in total. The van der Waals surface area contributed by atoms with Gasteiger partial charge >= 0.3 is 0 Å². The average Bonchev–Trinajstić information content (AvgIpc) is 3.13. The van der Waals surface area contributed by atoms with Crippen molar-refractivity contribution in [2.45, 2.75) is 32.2 Å². The van der Waals surface area contributed by atoms with Crippen LogP contribution in [0.2, 0.25) is 0 Å². The van der Waals surface area contributed by atoms with E-state index < -0.39 is 0 Å². The number of aromatic nitrogens is 3. The molecule has 1 aliphatic heterocycles. The van der Waals surface area contributed by atoms with Crippen LogP contribution in [0.25, 0.3) is 0 Å². The molecule has 2 amide bonds. The highest BCUT2D eigenvalue weighted by atomic mass is 16.5. The van der Waals surface area contributed by atoms with E-state index in [-0.39, 0.29) is 43.2 Å². The summed E-state index contributed by atoms with van der Waals surface area (Å²) in [7, 11) is 1.74. The zero-order valence-corrected chi connectivity index (χ0v) is 17.8. The third-order valence-electron chi connectivity index (χ3n) is 5.37. The molecule has 3 aromatic rings. The molecule has 1 atom stereocenters. The van der Waals surface area contributed by atoms with Gasteiger partial charge in [0.15, 0.2) is 0 Å². The van der Waals surface area contributed by atoms with Crippen molar-refractivity contribution in [3.05, 3.63) is 87.6 Å². The van der Waals surface area contributed by atoms with Crippen LogP contribution in [-0.4, -0.2) is 38.8 Å². The van der Waals surface area contributed by atoms with Gasteiger partial charge in [0.2, 0.25) is 5.91 Å². The van der Waals surface area contributed by atoms with Crippen molar-refractivity contribution in [1.82, 2.24) is 25.0 Å². The highest BCUT2D eigenvalue weighted by Gasteiger charge is 2.29. The lowest BCUT2D eigenvalue weighted by atomic mass is 10.0. The predicted molar refractivity (Wildman–Crippen MR) is 117 cm³/mol. The van der Waals surface area contributed by atoms with E-state index >= 15 is 0 Å². The summed E-state index contributed by atoms with van der Waals surface area (Å²) in [6.07, 6.45) is 1.74. The van der Waals surface area contributed by atoms with Crippen molar-refractivity contribution in [2.75, 3.05) is 6.54 Å². The maximum Gasteiger partial charge on any atom is 0.270 e. The molecule has 0 radical (unpaired) electrons. The van der Waals surface area contributed by atoms with Crippen molar-refractivity contribution in [1.29, 1.82) is 0 Å². The number of hydrogen-bond acceptors (Lipinski definition) is 5. The topological polar surface area (TPSA) is 107 Å². The number of fused-ring (bicyclic) bond motifs is 1. The summed E-state index contributed by atoms with van der Waals surface area (Å²) in [6, 6.07) is 14.4. The highest BCUT2D eigenvalue weighted by Crippen LogP contribution is 2.23. The fourth-order valence-corrected chi connectivity index (χ4v) is 3.74. The first-order valence-corrected chi connectivity index (χ1v) is 10.4. The van der Waals surface area contributed by atoms with Gasteiger partial charge in [-0.15, -0.1) is 0 Å². The zero-order valence-electron chi connectivity index (χ0n) is 17.8. The summed E-state index contributed by atoms with van der Waals surface area (Å²) in [4.78, 5) is 36.9. The van der Waals surface area contributed by atoms with E-state index in [1.54, 1.807) is 30.1 Å². The Hall–Kier alpha value is -3.72. The third kappa shape index (κ3) is 4.94. The Morgan fingerprint density at radius 3 is 2.69 bits per heavy atom. The van der Waals surface area contributed by atoms with E-state index in [1.807, 2.05) is 30.3 Å². The van der Waals surface area contributed by atoms with Gasteiger partial charge < -0.3 is 19.9 Å². The SMILES string of the molecule is Cn1nc2c(c1C(=O)NCc1ccccc1)CC(CNC(=O)Cn1ccccc1=O)OC2. The molecule has 1 unspecified atom stereocenters.